The number of benzene rings is 5. The van der Waals surface area contributed by atoms with E-state index in [1.807, 2.05) is 0 Å². The maximum absolute atomic E-state index is 6.74. The summed E-state index contributed by atoms with van der Waals surface area (Å²) in [7, 11) is -1.36. The van der Waals surface area contributed by atoms with E-state index in [0.29, 0.717) is 8.58 Å². The number of rotatable bonds is 7. The molecular formula is C31H27OP2+. The van der Waals surface area contributed by atoms with Gasteiger partial charge in [-0.15, -0.1) is 0 Å². The van der Waals surface area contributed by atoms with Crippen LogP contribution in [0.25, 0.3) is 0 Å². The van der Waals surface area contributed by atoms with Crippen LogP contribution in [0.5, 0.6) is 11.5 Å². The van der Waals surface area contributed by atoms with Gasteiger partial charge in [0.05, 0.1) is 6.66 Å². The third kappa shape index (κ3) is 4.69. The molecule has 0 radical (unpaired) electrons. The van der Waals surface area contributed by atoms with Crippen molar-refractivity contribution in [2.45, 2.75) is 0 Å². The van der Waals surface area contributed by atoms with E-state index in [9.17, 15) is 0 Å². The van der Waals surface area contributed by atoms with E-state index in [1.165, 1.54) is 26.5 Å². The van der Waals surface area contributed by atoms with Crippen LogP contribution in [0.2, 0.25) is 0 Å². The number of para-hydroxylation sites is 2. The smallest absolute Gasteiger partial charge is 0.170 e. The van der Waals surface area contributed by atoms with Crippen LogP contribution in [0, 0.1) is 0 Å². The molecule has 0 bridgehead atoms. The highest BCUT2D eigenvalue weighted by molar-refractivity contribution is 7.95. The van der Waals surface area contributed by atoms with Gasteiger partial charge in [-0.1, -0.05) is 106 Å². The van der Waals surface area contributed by atoms with Crippen LogP contribution in [0.4, 0.5) is 0 Å². The third-order valence-corrected chi connectivity index (χ3v) is 11.4. The zero-order valence-corrected chi connectivity index (χ0v) is 21.0. The van der Waals surface area contributed by atoms with Crippen molar-refractivity contribution in [3.05, 3.63) is 140 Å². The van der Waals surface area contributed by atoms with Crippen molar-refractivity contribution in [1.29, 1.82) is 0 Å². The highest BCUT2D eigenvalue weighted by Gasteiger charge is 2.42. The summed E-state index contributed by atoms with van der Waals surface area (Å²) >= 11 is 0. The Labute approximate surface area is 204 Å². The van der Waals surface area contributed by atoms with Crippen LogP contribution in [0.1, 0.15) is 0 Å². The summed E-state index contributed by atoms with van der Waals surface area (Å²) in [6.07, 6.45) is 0. The van der Waals surface area contributed by atoms with E-state index in [0.717, 1.165) is 11.5 Å². The Hall–Kier alpha value is -3.24. The minimum absolute atomic E-state index is 0.540. The van der Waals surface area contributed by atoms with Gasteiger partial charge < -0.3 is 4.74 Å². The molecule has 0 saturated carbocycles. The van der Waals surface area contributed by atoms with Crippen molar-refractivity contribution in [2.75, 3.05) is 6.66 Å². The summed E-state index contributed by atoms with van der Waals surface area (Å²) in [5.41, 5.74) is 0. The lowest BCUT2D eigenvalue weighted by atomic mass is 10.3. The molecule has 5 rings (SSSR count). The van der Waals surface area contributed by atoms with Gasteiger partial charge >= 0.3 is 0 Å². The van der Waals surface area contributed by atoms with E-state index in [4.69, 9.17) is 4.74 Å². The van der Waals surface area contributed by atoms with Crippen molar-refractivity contribution in [1.82, 2.24) is 0 Å². The van der Waals surface area contributed by atoms with Gasteiger partial charge in [-0.3, -0.25) is 0 Å². The van der Waals surface area contributed by atoms with E-state index in [1.54, 1.807) is 0 Å². The molecule has 0 aliphatic rings. The Morgan fingerprint density at radius 1 is 0.500 bits per heavy atom. The first-order valence-electron chi connectivity index (χ1n) is 11.4. The molecule has 5 aromatic rings. The molecule has 0 spiro atoms. The summed E-state index contributed by atoms with van der Waals surface area (Å²) < 4.78 is 6.74. The highest BCUT2D eigenvalue weighted by atomic mass is 31.2. The predicted octanol–water partition coefficient (Wildman–Crippen LogP) is 6.03. The van der Waals surface area contributed by atoms with Gasteiger partial charge in [-0.25, -0.2) is 0 Å². The average molecular weight is 478 g/mol. The van der Waals surface area contributed by atoms with Gasteiger partial charge in [-0.05, 0) is 47.8 Å². The molecule has 1 atom stereocenters. The van der Waals surface area contributed by atoms with Gasteiger partial charge in [0.25, 0.3) is 0 Å². The molecule has 0 heterocycles. The Kier molecular flexibility index (Phi) is 6.87. The average Bonchev–Trinajstić information content (AvgIpc) is 2.91. The number of hydrogen-bond donors (Lipinski definition) is 0. The summed E-state index contributed by atoms with van der Waals surface area (Å²) in [4.78, 5) is 0. The lowest BCUT2D eigenvalue weighted by molar-refractivity contribution is 0.490. The van der Waals surface area contributed by atoms with Gasteiger partial charge in [0.1, 0.15) is 28.9 Å². The quantitative estimate of drug-likeness (QED) is 0.260. The SMILES string of the molecule is C[P+](c1ccccc1)(c1ccccc1)c1ccccc1Oc1ccccc1Pc1ccccc1. The molecule has 0 fully saturated rings. The molecule has 166 valence electrons. The second-order valence-electron chi connectivity index (χ2n) is 8.23. The molecule has 1 unspecified atom stereocenters. The number of hydrogen-bond acceptors (Lipinski definition) is 1. The Morgan fingerprint density at radius 3 is 1.59 bits per heavy atom. The summed E-state index contributed by atoms with van der Waals surface area (Å²) in [5, 5.41) is 6.46. The molecular weight excluding hydrogens is 450 g/mol. The van der Waals surface area contributed by atoms with Crippen LogP contribution < -0.4 is 31.3 Å². The van der Waals surface area contributed by atoms with Gasteiger partial charge in [0.2, 0.25) is 0 Å². The molecule has 34 heavy (non-hydrogen) atoms. The number of ether oxygens (including phenoxy) is 1. The molecule has 5 aromatic carbocycles. The fourth-order valence-electron chi connectivity index (χ4n) is 4.25. The minimum Gasteiger partial charge on any atom is -0.453 e. The van der Waals surface area contributed by atoms with E-state index in [-0.39, 0.29) is 0 Å². The van der Waals surface area contributed by atoms with Crippen LogP contribution in [0.15, 0.2) is 140 Å². The molecule has 0 aromatic heterocycles. The Balaban J connectivity index is 1.60. The first kappa shape index (κ1) is 22.5. The normalized spacial score (nSPS) is 11.6. The zero-order chi connectivity index (χ0) is 23.2. The first-order valence-corrected chi connectivity index (χ1v) is 14.6. The van der Waals surface area contributed by atoms with Crippen LogP contribution in [-0.4, -0.2) is 6.66 Å². The van der Waals surface area contributed by atoms with Gasteiger partial charge in [0, 0.05) is 5.30 Å². The predicted molar refractivity (Wildman–Crippen MR) is 152 cm³/mol. The van der Waals surface area contributed by atoms with Crippen molar-refractivity contribution >= 4 is 42.4 Å². The van der Waals surface area contributed by atoms with E-state index < -0.39 is 7.26 Å². The third-order valence-electron chi connectivity index (χ3n) is 6.05. The van der Waals surface area contributed by atoms with Gasteiger partial charge in [-0.2, -0.15) is 0 Å². The van der Waals surface area contributed by atoms with E-state index in [2.05, 4.69) is 146 Å². The highest BCUT2D eigenvalue weighted by Crippen LogP contribution is 2.53. The monoisotopic (exact) mass is 477 g/mol. The largest absolute Gasteiger partial charge is 0.453 e. The van der Waals surface area contributed by atoms with Gasteiger partial charge in [0.15, 0.2) is 5.75 Å². The molecule has 0 amide bonds. The summed E-state index contributed by atoms with van der Waals surface area (Å²) in [6.45, 7) is 2.40. The maximum Gasteiger partial charge on any atom is 0.170 e. The lowest BCUT2D eigenvalue weighted by Crippen LogP contribution is -2.31. The maximum atomic E-state index is 6.74. The van der Waals surface area contributed by atoms with Crippen molar-refractivity contribution in [3.8, 4) is 11.5 Å². The summed E-state index contributed by atoms with van der Waals surface area (Å²) in [6, 6.07) is 49.3. The lowest BCUT2D eigenvalue weighted by Gasteiger charge is -2.25. The topological polar surface area (TPSA) is 9.23 Å². The second kappa shape index (κ2) is 10.4. The molecule has 0 aliphatic carbocycles. The zero-order valence-electron chi connectivity index (χ0n) is 19.1. The van der Waals surface area contributed by atoms with Crippen molar-refractivity contribution < 1.29 is 4.74 Å². The van der Waals surface area contributed by atoms with Crippen molar-refractivity contribution in [3.63, 3.8) is 0 Å². The fourth-order valence-corrected chi connectivity index (χ4v) is 8.69. The Morgan fingerprint density at radius 2 is 0.971 bits per heavy atom. The molecule has 1 nitrogen and oxygen atoms in total. The van der Waals surface area contributed by atoms with E-state index >= 15 is 0 Å². The molecule has 3 heteroatoms. The van der Waals surface area contributed by atoms with Crippen LogP contribution in [-0.2, 0) is 0 Å². The summed E-state index contributed by atoms with van der Waals surface area (Å²) in [5.74, 6) is 1.85. The molecule has 0 N–H and O–H groups in total. The molecule has 0 saturated heterocycles. The second-order valence-corrected chi connectivity index (χ2v) is 13.1. The molecule has 0 aliphatic heterocycles. The fraction of sp³-hybridized carbons (Fsp3) is 0.0323. The van der Waals surface area contributed by atoms with Crippen LogP contribution >= 0.6 is 15.8 Å². The minimum atomic E-state index is -1.91. The standard InChI is InChI=1S/C31H27OP2/c1-34(26-17-7-3-8-18-26,27-19-9-4-10-20-27)31-24-14-12-22-29(31)32-28-21-11-13-23-30(28)33-25-15-5-2-6-16-25/h2-24,33H,1H3/q+1. The van der Waals surface area contributed by atoms with Crippen molar-refractivity contribution in [2.24, 2.45) is 0 Å². The van der Waals surface area contributed by atoms with Crippen LogP contribution in [0.3, 0.4) is 0 Å². The first-order chi connectivity index (χ1) is 16.7. The Bertz CT molecular complexity index is 1310.